The number of carbonyl (C=O) groups is 1. The smallest absolute Gasteiger partial charge is 0.241 e. The fraction of sp³-hybridized carbons (Fsp3) is 0.944. The Balaban J connectivity index is 2.02. The van der Waals surface area contributed by atoms with Gasteiger partial charge in [0.2, 0.25) is 5.91 Å². The highest BCUT2D eigenvalue weighted by molar-refractivity contribution is 5.84. The van der Waals surface area contributed by atoms with E-state index >= 15 is 0 Å². The van der Waals surface area contributed by atoms with Crippen molar-refractivity contribution in [1.29, 1.82) is 0 Å². The summed E-state index contributed by atoms with van der Waals surface area (Å²) in [6.07, 6.45) is 6.49. The van der Waals surface area contributed by atoms with Gasteiger partial charge in [-0.1, -0.05) is 47.5 Å². The second-order valence-electron chi connectivity index (χ2n) is 8.17. The van der Waals surface area contributed by atoms with Crippen LogP contribution in [-0.4, -0.2) is 29.6 Å². The van der Waals surface area contributed by atoms with Gasteiger partial charge in [-0.15, -0.1) is 0 Å². The number of hydrogen-bond donors (Lipinski definition) is 1. The van der Waals surface area contributed by atoms with Gasteiger partial charge in [-0.2, -0.15) is 0 Å². The minimum atomic E-state index is 0.0402. The van der Waals surface area contributed by atoms with E-state index in [9.17, 15) is 4.79 Å². The number of amides is 1. The van der Waals surface area contributed by atoms with Crippen LogP contribution in [0.3, 0.4) is 0 Å². The zero-order valence-electron chi connectivity index (χ0n) is 14.6. The first-order chi connectivity index (χ1) is 9.88. The standard InChI is InChI=1S/C18H34N2O/c1-12(2)9-16-18(21)20(17(19-16)13(3)4)11-15-8-6-7-14(5)10-15/h12-17,19H,6-11H2,1-5H3. The summed E-state index contributed by atoms with van der Waals surface area (Å²) in [5.41, 5.74) is 0. The van der Waals surface area contributed by atoms with Crippen LogP contribution in [0.15, 0.2) is 0 Å². The average Bonchev–Trinajstić information content (AvgIpc) is 2.67. The molecule has 2 rings (SSSR count). The van der Waals surface area contributed by atoms with Crippen molar-refractivity contribution in [2.24, 2.45) is 23.7 Å². The SMILES string of the molecule is CC(C)CC1NC(C(C)C)N(CC2CCCC(C)C2)C1=O. The molecule has 0 aromatic rings. The molecule has 1 aliphatic heterocycles. The highest BCUT2D eigenvalue weighted by atomic mass is 16.2. The summed E-state index contributed by atoms with van der Waals surface area (Å²) in [6, 6.07) is 0.0402. The second kappa shape index (κ2) is 7.13. The lowest BCUT2D eigenvalue weighted by Gasteiger charge is -2.34. The van der Waals surface area contributed by atoms with E-state index in [4.69, 9.17) is 0 Å². The summed E-state index contributed by atoms with van der Waals surface area (Å²) in [5.74, 6) is 2.93. The maximum atomic E-state index is 12.8. The van der Waals surface area contributed by atoms with Crippen molar-refractivity contribution < 1.29 is 4.79 Å². The van der Waals surface area contributed by atoms with Crippen molar-refractivity contribution in [2.45, 2.75) is 78.9 Å². The van der Waals surface area contributed by atoms with Crippen LogP contribution >= 0.6 is 0 Å². The van der Waals surface area contributed by atoms with Gasteiger partial charge in [0.25, 0.3) is 0 Å². The summed E-state index contributed by atoms with van der Waals surface area (Å²) in [5, 5.41) is 3.60. The van der Waals surface area contributed by atoms with Crippen LogP contribution in [-0.2, 0) is 4.79 Å². The molecule has 0 radical (unpaired) electrons. The van der Waals surface area contributed by atoms with Gasteiger partial charge in [-0.05, 0) is 42.9 Å². The lowest BCUT2D eigenvalue weighted by Crippen LogP contribution is -2.44. The first kappa shape index (κ1) is 16.8. The molecule has 2 aliphatic rings. The van der Waals surface area contributed by atoms with Crippen molar-refractivity contribution in [3.05, 3.63) is 0 Å². The van der Waals surface area contributed by atoms with Gasteiger partial charge in [-0.25, -0.2) is 0 Å². The van der Waals surface area contributed by atoms with Crippen LogP contribution in [0.1, 0.15) is 66.7 Å². The third-order valence-corrected chi connectivity index (χ3v) is 5.13. The molecule has 2 fully saturated rings. The molecule has 1 N–H and O–H groups in total. The minimum absolute atomic E-state index is 0.0402. The lowest BCUT2D eigenvalue weighted by molar-refractivity contribution is -0.131. The van der Waals surface area contributed by atoms with E-state index in [1.807, 2.05) is 0 Å². The number of carbonyl (C=O) groups excluding carboxylic acids is 1. The van der Waals surface area contributed by atoms with Crippen molar-refractivity contribution in [2.75, 3.05) is 6.54 Å². The Bertz CT molecular complexity index is 353. The maximum Gasteiger partial charge on any atom is 0.241 e. The van der Waals surface area contributed by atoms with Gasteiger partial charge in [0.05, 0.1) is 12.2 Å². The van der Waals surface area contributed by atoms with Crippen molar-refractivity contribution in [1.82, 2.24) is 10.2 Å². The molecule has 0 aromatic carbocycles. The quantitative estimate of drug-likeness (QED) is 0.839. The van der Waals surface area contributed by atoms with Gasteiger partial charge >= 0.3 is 0 Å². The predicted molar refractivity (Wildman–Crippen MR) is 87.8 cm³/mol. The van der Waals surface area contributed by atoms with E-state index in [0.29, 0.717) is 23.7 Å². The molecule has 1 heterocycles. The van der Waals surface area contributed by atoms with Crippen LogP contribution in [0, 0.1) is 23.7 Å². The maximum absolute atomic E-state index is 12.8. The first-order valence-electron chi connectivity index (χ1n) is 8.95. The number of nitrogens with zero attached hydrogens (tertiary/aromatic N) is 1. The minimum Gasteiger partial charge on any atom is -0.325 e. The summed E-state index contributed by atoms with van der Waals surface area (Å²) in [6.45, 7) is 12.2. The Labute approximate surface area is 130 Å². The van der Waals surface area contributed by atoms with Crippen LogP contribution in [0.25, 0.3) is 0 Å². The molecule has 0 spiro atoms. The topological polar surface area (TPSA) is 32.3 Å². The molecular formula is C18H34N2O. The van der Waals surface area contributed by atoms with Gasteiger partial charge < -0.3 is 4.90 Å². The van der Waals surface area contributed by atoms with Crippen LogP contribution in [0.2, 0.25) is 0 Å². The van der Waals surface area contributed by atoms with Crippen molar-refractivity contribution >= 4 is 5.91 Å². The predicted octanol–water partition coefficient (Wildman–Crippen LogP) is 3.64. The van der Waals surface area contributed by atoms with E-state index in [0.717, 1.165) is 18.9 Å². The van der Waals surface area contributed by atoms with Gasteiger partial charge in [0.15, 0.2) is 0 Å². The fourth-order valence-electron chi connectivity index (χ4n) is 4.10. The molecule has 1 amide bonds. The van der Waals surface area contributed by atoms with Gasteiger partial charge in [0, 0.05) is 6.54 Å². The molecule has 0 bridgehead atoms. The molecule has 1 saturated heterocycles. The summed E-state index contributed by atoms with van der Waals surface area (Å²) in [4.78, 5) is 14.9. The Hall–Kier alpha value is -0.570. The van der Waals surface area contributed by atoms with Crippen LogP contribution in [0.5, 0.6) is 0 Å². The van der Waals surface area contributed by atoms with Gasteiger partial charge in [0.1, 0.15) is 0 Å². The largest absolute Gasteiger partial charge is 0.325 e. The Morgan fingerprint density at radius 1 is 1.24 bits per heavy atom. The zero-order valence-corrected chi connectivity index (χ0v) is 14.6. The lowest BCUT2D eigenvalue weighted by atomic mass is 9.82. The molecule has 3 heteroatoms. The summed E-state index contributed by atoms with van der Waals surface area (Å²) < 4.78 is 0. The molecule has 4 unspecified atom stereocenters. The average molecular weight is 294 g/mol. The normalized spacial score (nSPS) is 34.2. The molecule has 4 atom stereocenters. The van der Waals surface area contributed by atoms with Crippen LogP contribution in [0.4, 0.5) is 0 Å². The second-order valence-corrected chi connectivity index (χ2v) is 8.17. The van der Waals surface area contributed by atoms with Crippen molar-refractivity contribution in [3.8, 4) is 0 Å². The molecule has 1 aliphatic carbocycles. The highest BCUT2D eigenvalue weighted by Gasteiger charge is 2.41. The Kier molecular flexibility index (Phi) is 5.70. The highest BCUT2D eigenvalue weighted by Crippen LogP contribution is 2.31. The molecule has 3 nitrogen and oxygen atoms in total. The zero-order chi connectivity index (χ0) is 15.6. The molecular weight excluding hydrogens is 260 g/mol. The van der Waals surface area contributed by atoms with E-state index in [1.165, 1.54) is 25.7 Å². The van der Waals surface area contributed by atoms with Crippen molar-refractivity contribution in [3.63, 3.8) is 0 Å². The molecule has 21 heavy (non-hydrogen) atoms. The number of rotatable bonds is 5. The Morgan fingerprint density at radius 2 is 1.95 bits per heavy atom. The van der Waals surface area contributed by atoms with Gasteiger partial charge in [-0.3, -0.25) is 10.1 Å². The third kappa shape index (κ3) is 4.21. The molecule has 0 aromatic heterocycles. The van der Waals surface area contributed by atoms with E-state index < -0.39 is 0 Å². The summed E-state index contributed by atoms with van der Waals surface area (Å²) in [7, 11) is 0. The summed E-state index contributed by atoms with van der Waals surface area (Å²) >= 11 is 0. The number of nitrogens with one attached hydrogen (secondary N) is 1. The molecule has 1 saturated carbocycles. The third-order valence-electron chi connectivity index (χ3n) is 5.13. The Morgan fingerprint density at radius 3 is 2.52 bits per heavy atom. The van der Waals surface area contributed by atoms with E-state index in [2.05, 4.69) is 44.8 Å². The number of hydrogen-bond acceptors (Lipinski definition) is 2. The monoisotopic (exact) mass is 294 g/mol. The molecule has 122 valence electrons. The van der Waals surface area contributed by atoms with Crippen LogP contribution < -0.4 is 5.32 Å². The first-order valence-corrected chi connectivity index (χ1v) is 8.95. The fourth-order valence-corrected chi connectivity index (χ4v) is 4.10. The van der Waals surface area contributed by atoms with E-state index in [1.54, 1.807) is 0 Å². The van der Waals surface area contributed by atoms with E-state index in [-0.39, 0.29) is 12.2 Å².